The standard InChI is InChI=1S/C18H39N3/c1-4-5-6-7-8-9-10-11-12-13-15-21(17(2)3)16-14-18(19)20/h17H,4-16H2,1-3H3,(H3,19,20). The second-order valence-corrected chi connectivity index (χ2v) is 6.59. The van der Waals surface area contributed by atoms with Crippen LogP contribution in [0.4, 0.5) is 0 Å². The molecule has 0 rings (SSSR count). The summed E-state index contributed by atoms with van der Waals surface area (Å²) in [5, 5.41) is 7.33. The van der Waals surface area contributed by atoms with Gasteiger partial charge in [-0.3, -0.25) is 5.41 Å². The van der Waals surface area contributed by atoms with Crippen LogP contribution in [0.3, 0.4) is 0 Å². The Kier molecular flexibility index (Phi) is 14.0. The zero-order valence-corrected chi connectivity index (χ0v) is 14.8. The van der Waals surface area contributed by atoms with Crippen LogP contribution < -0.4 is 5.73 Å². The van der Waals surface area contributed by atoms with Crippen LogP contribution in [-0.4, -0.2) is 29.9 Å². The Morgan fingerprint density at radius 1 is 0.857 bits per heavy atom. The van der Waals surface area contributed by atoms with E-state index in [2.05, 4.69) is 25.7 Å². The molecule has 3 nitrogen and oxygen atoms in total. The van der Waals surface area contributed by atoms with E-state index in [0.717, 1.165) is 13.1 Å². The highest BCUT2D eigenvalue weighted by atomic mass is 15.1. The molecule has 0 amide bonds. The minimum absolute atomic E-state index is 0.309. The Morgan fingerprint density at radius 3 is 1.76 bits per heavy atom. The molecule has 21 heavy (non-hydrogen) atoms. The average Bonchev–Trinajstić information content (AvgIpc) is 2.43. The van der Waals surface area contributed by atoms with E-state index in [0.29, 0.717) is 18.3 Å². The Balaban J connectivity index is 3.43. The smallest absolute Gasteiger partial charge is 0.0918 e. The molecular formula is C18H39N3. The van der Waals surface area contributed by atoms with Crippen LogP contribution >= 0.6 is 0 Å². The third-order valence-corrected chi connectivity index (χ3v) is 4.20. The van der Waals surface area contributed by atoms with Gasteiger partial charge in [0.15, 0.2) is 0 Å². The highest BCUT2D eigenvalue weighted by molar-refractivity contribution is 5.76. The monoisotopic (exact) mass is 297 g/mol. The summed E-state index contributed by atoms with van der Waals surface area (Å²) in [7, 11) is 0. The summed E-state index contributed by atoms with van der Waals surface area (Å²) < 4.78 is 0. The molecule has 0 saturated carbocycles. The van der Waals surface area contributed by atoms with Gasteiger partial charge in [0.05, 0.1) is 5.84 Å². The number of nitrogens with one attached hydrogen (secondary N) is 1. The number of hydrogen-bond acceptors (Lipinski definition) is 2. The molecule has 3 heteroatoms. The minimum atomic E-state index is 0.309. The van der Waals surface area contributed by atoms with Gasteiger partial charge in [-0.15, -0.1) is 0 Å². The first-order valence-corrected chi connectivity index (χ1v) is 9.14. The highest BCUT2D eigenvalue weighted by Crippen LogP contribution is 2.11. The number of hydrogen-bond donors (Lipinski definition) is 2. The van der Waals surface area contributed by atoms with Gasteiger partial charge in [0.2, 0.25) is 0 Å². The van der Waals surface area contributed by atoms with Gasteiger partial charge in [-0.05, 0) is 26.8 Å². The van der Waals surface area contributed by atoms with Gasteiger partial charge in [-0.2, -0.15) is 0 Å². The predicted octanol–water partition coefficient (Wildman–Crippen LogP) is 4.94. The molecule has 0 atom stereocenters. The summed E-state index contributed by atoms with van der Waals surface area (Å²) >= 11 is 0. The number of rotatable bonds is 15. The third kappa shape index (κ3) is 14.1. The lowest BCUT2D eigenvalue weighted by Crippen LogP contribution is -2.34. The molecule has 0 fully saturated rings. The van der Waals surface area contributed by atoms with Crippen molar-refractivity contribution in [1.29, 1.82) is 5.41 Å². The molecule has 0 aromatic carbocycles. The van der Waals surface area contributed by atoms with Crippen LogP contribution in [0.25, 0.3) is 0 Å². The molecule has 0 saturated heterocycles. The van der Waals surface area contributed by atoms with Crippen molar-refractivity contribution in [3.8, 4) is 0 Å². The normalized spacial score (nSPS) is 11.5. The second kappa shape index (κ2) is 14.4. The molecule has 0 aliphatic carbocycles. The summed E-state index contributed by atoms with van der Waals surface area (Å²) in [4.78, 5) is 2.45. The Bertz CT molecular complexity index is 239. The van der Waals surface area contributed by atoms with Gasteiger partial charge in [-0.1, -0.05) is 64.7 Å². The van der Waals surface area contributed by atoms with Crippen molar-refractivity contribution in [3.63, 3.8) is 0 Å². The Morgan fingerprint density at radius 2 is 1.33 bits per heavy atom. The van der Waals surface area contributed by atoms with Crippen molar-refractivity contribution >= 4 is 5.84 Å². The first kappa shape index (κ1) is 20.4. The molecule has 0 bridgehead atoms. The molecule has 0 radical (unpaired) electrons. The predicted molar refractivity (Wildman–Crippen MR) is 95.1 cm³/mol. The van der Waals surface area contributed by atoms with Crippen LogP contribution in [0.2, 0.25) is 0 Å². The fourth-order valence-electron chi connectivity index (χ4n) is 2.69. The summed E-state index contributed by atoms with van der Waals surface area (Å²) in [6.45, 7) is 8.83. The van der Waals surface area contributed by atoms with Gasteiger partial charge in [0.1, 0.15) is 0 Å². The lowest BCUT2D eigenvalue weighted by Gasteiger charge is -2.26. The maximum atomic E-state index is 7.33. The van der Waals surface area contributed by atoms with E-state index in [-0.39, 0.29) is 0 Å². The van der Waals surface area contributed by atoms with Gasteiger partial charge in [0, 0.05) is 19.0 Å². The number of amidine groups is 1. The maximum Gasteiger partial charge on any atom is 0.0918 e. The fourth-order valence-corrected chi connectivity index (χ4v) is 2.69. The Labute approximate surface area is 133 Å². The van der Waals surface area contributed by atoms with Crippen molar-refractivity contribution in [1.82, 2.24) is 4.90 Å². The molecule has 0 heterocycles. The minimum Gasteiger partial charge on any atom is -0.388 e. The van der Waals surface area contributed by atoms with Gasteiger partial charge in [0.25, 0.3) is 0 Å². The first-order chi connectivity index (χ1) is 10.1. The van der Waals surface area contributed by atoms with Crippen LogP contribution in [0.1, 0.15) is 91.4 Å². The SMILES string of the molecule is CCCCCCCCCCCCN(CCC(=N)N)C(C)C. The van der Waals surface area contributed by atoms with E-state index in [1.165, 1.54) is 64.2 Å². The molecule has 0 aliphatic heterocycles. The van der Waals surface area contributed by atoms with Gasteiger partial charge in [-0.25, -0.2) is 0 Å². The Hall–Kier alpha value is -0.570. The van der Waals surface area contributed by atoms with Crippen molar-refractivity contribution in [2.24, 2.45) is 5.73 Å². The highest BCUT2D eigenvalue weighted by Gasteiger charge is 2.08. The molecule has 0 aliphatic rings. The number of unbranched alkanes of at least 4 members (excludes halogenated alkanes) is 9. The average molecular weight is 298 g/mol. The fraction of sp³-hybridized carbons (Fsp3) is 0.944. The van der Waals surface area contributed by atoms with Crippen LogP contribution in [-0.2, 0) is 0 Å². The molecule has 0 aromatic heterocycles. The zero-order valence-electron chi connectivity index (χ0n) is 14.8. The van der Waals surface area contributed by atoms with Crippen molar-refractivity contribution in [3.05, 3.63) is 0 Å². The van der Waals surface area contributed by atoms with Gasteiger partial charge < -0.3 is 10.6 Å². The van der Waals surface area contributed by atoms with Crippen LogP contribution in [0, 0.1) is 5.41 Å². The lowest BCUT2D eigenvalue weighted by molar-refractivity contribution is 0.222. The van der Waals surface area contributed by atoms with Gasteiger partial charge >= 0.3 is 0 Å². The van der Waals surface area contributed by atoms with Crippen LogP contribution in [0.5, 0.6) is 0 Å². The van der Waals surface area contributed by atoms with E-state index in [1.807, 2.05) is 0 Å². The molecular weight excluding hydrogens is 258 g/mol. The summed E-state index contributed by atoms with van der Waals surface area (Å²) in [6, 6.07) is 0.558. The summed E-state index contributed by atoms with van der Waals surface area (Å²) in [5.41, 5.74) is 5.45. The lowest BCUT2D eigenvalue weighted by atomic mass is 10.1. The second-order valence-electron chi connectivity index (χ2n) is 6.59. The maximum absolute atomic E-state index is 7.33. The third-order valence-electron chi connectivity index (χ3n) is 4.20. The number of nitrogens with zero attached hydrogens (tertiary/aromatic N) is 1. The van der Waals surface area contributed by atoms with Crippen molar-refractivity contribution in [2.45, 2.75) is 97.4 Å². The quantitative estimate of drug-likeness (QED) is 0.255. The molecule has 0 aromatic rings. The van der Waals surface area contributed by atoms with Crippen molar-refractivity contribution < 1.29 is 0 Å². The molecule has 0 unspecified atom stereocenters. The zero-order chi connectivity index (χ0) is 15.9. The summed E-state index contributed by atoms with van der Waals surface area (Å²) in [6.07, 6.45) is 14.6. The van der Waals surface area contributed by atoms with E-state index in [9.17, 15) is 0 Å². The topological polar surface area (TPSA) is 53.1 Å². The van der Waals surface area contributed by atoms with Crippen molar-refractivity contribution in [2.75, 3.05) is 13.1 Å². The molecule has 126 valence electrons. The van der Waals surface area contributed by atoms with Crippen LogP contribution in [0.15, 0.2) is 0 Å². The summed E-state index contributed by atoms with van der Waals surface area (Å²) in [5.74, 6) is 0.309. The molecule has 3 N–H and O–H groups in total. The van der Waals surface area contributed by atoms with E-state index in [4.69, 9.17) is 11.1 Å². The van der Waals surface area contributed by atoms with E-state index >= 15 is 0 Å². The van der Waals surface area contributed by atoms with E-state index in [1.54, 1.807) is 0 Å². The molecule has 0 spiro atoms. The number of nitrogens with two attached hydrogens (primary N) is 1. The first-order valence-electron chi connectivity index (χ1n) is 9.14. The van der Waals surface area contributed by atoms with E-state index < -0.39 is 0 Å². The largest absolute Gasteiger partial charge is 0.388 e.